The van der Waals surface area contributed by atoms with Crippen molar-refractivity contribution in [1.29, 1.82) is 0 Å². The van der Waals surface area contributed by atoms with Gasteiger partial charge in [-0.1, -0.05) is 13.8 Å². The van der Waals surface area contributed by atoms with Crippen LogP contribution >= 0.6 is 0 Å². The Morgan fingerprint density at radius 2 is 1.60 bits per heavy atom. The molecule has 118 valence electrons. The molecule has 1 aliphatic heterocycles. The van der Waals surface area contributed by atoms with Gasteiger partial charge in [0.2, 0.25) is 0 Å². The summed E-state index contributed by atoms with van der Waals surface area (Å²) in [6.45, 7) is 8.96. The summed E-state index contributed by atoms with van der Waals surface area (Å²) in [5, 5.41) is 3.73. The van der Waals surface area contributed by atoms with Crippen LogP contribution in [0.25, 0.3) is 0 Å². The molecular formula is C16H32N2O2. The molecule has 2 rings (SSSR count). The van der Waals surface area contributed by atoms with E-state index < -0.39 is 0 Å². The predicted molar refractivity (Wildman–Crippen MR) is 82.1 cm³/mol. The van der Waals surface area contributed by atoms with Crippen LogP contribution in [0, 0.1) is 5.41 Å². The van der Waals surface area contributed by atoms with Crippen LogP contribution in [0.2, 0.25) is 0 Å². The standard InChI is InChI=1S/C16H32N2O2/c1-5-16(6-2,11-17-13-7-8-13)12-18-9-14(19-3)15(10-18)20-4/h13-15,17H,5-12H2,1-4H3. The summed E-state index contributed by atoms with van der Waals surface area (Å²) < 4.78 is 11.1. The van der Waals surface area contributed by atoms with Gasteiger partial charge in [0, 0.05) is 46.4 Å². The Balaban J connectivity index is 1.89. The SMILES string of the molecule is CCC(CC)(CNC1CC1)CN1CC(OC)C(OC)C1. The third-order valence-electron chi connectivity index (χ3n) is 5.30. The Morgan fingerprint density at radius 3 is 2.00 bits per heavy atom. The van der Waals surface area contributed by atoms with Gasteiger partial charge in [0.1, 0.15) is 0 Å². The van der Waals surface area contributed by atoms with Gasteiger partial charge >= 0.3 is 0 Å². The van der Waals surface area contributed by atoms with Crippen LogP contribution in [0.5, 0.6) is 0 Å². The summed E-state index contributed by atoms with van der Waals surface area (Å²) in [5.74, 6) is 0. The lowest BCUT2D eigenvalue weighted by Crippen LogP contribution is -2.44. The second-order valence-electron chi connectivity index (χ2n) is 6.60. The molecule has 0 radical (unpaired) electrons. The van der Waals surface area contributed by atoms with E-state index in [1.165, 1.54) is 25.7 Å². The number of methoxy groups -OCH3 is 2. The monoisotopic (exact) mass is 284 g/mol. The number of nitrogens with one attached hydrogen (secondary N) is 1. The third-order valence-corrected chi connectivity index (χ3v) is 5.30. The van der Waals surface area contributed by atoms with Crippen molar-refractivity contribution in [2.24, 2.45) is 5.41 Å². The number of nitrogens with zero attached hydrogens (tertiary/aromatic N) is 1. The lowest BCUT2D eigenvalue weighted by molar-refractivity contribution is -0.00461. The van der Waals surface area contributed by atoms with Gasteiger partial charge in [-0.3, -0.25) is 4.90 Å². The highest BCUT2D eigenvalue weighted by atomic mass is 16.5. The minimum absolute atomic E-state index is 0.225. The molecule has 0 aromatic rings. The quantitative estimate of drug-likeness (QED) is 0.701. The van der Waals surface area contributed by atoms with E-state index in [1.807, 2.05) is 0 Å². The Kier molecular flexibility index (Phi) is 5.84. The van der Waals surface area contributed by atoms with Crippen molar-refractivity contribution < 1.29 is 9.47 Å². The van der Waals surface area contributed by atoms with E-state index in [4.69, 9.17) is 9.47 Å². The Bertz CT molecular complexity index is 278. The average Bonchev–Trinajstić information content (AvgIpc) is 3.23. The fourth-order valence-electron chi connectivity index (χ4n) is 3.30. The number of rotatable bonds is 9. The molecule has 0 amide bonds. The molecule has 0 aromatic heterocycles. The van der Waals surface area contributed by atoms with Gasteiger partial charge in [0.25, 0.3) is 0 Å². The lowest BCUT2D eigenvalue weighted by atomic mass is 9.81. The van der Waals surface area contributed by atoms with Gasteiger partial charge in [0.05, 0.1) is 12.2 Å². The molecule has 4 heteroatoms. The van der Waals surface area contributed by atoms with Gasteiger partial charge < -0.3 is 14.8 Å². The van der Waals surface area contributed by atoms with Crippen LogP contribution in [0.4, 0.5) is 0 Å². The van der Waals surface area contributed by atoms with Crippen LogP contribution in [-0.2, 0) is 9.47 Å². The van der Waals surface area contributed by atoms with E-state index in [1.54, 1.807) is 14.2 Å². The highest BCUT2D eigenvalue weighted by Gasteiger charge is 2.38. The Hall–Kier alpha value is -0.160. The first-order valence-electron chi connectivity index (χ1n) is 8.17. The summed E-state index contributed by atoms with van der Waals surface area (Å²) in [6, 6.07) is 0.796. The fraction of sp³-hybridized carbons (Fsp3) is 1.00. The Labute approximate surface area is 124 Å². The zero-order valence-electron chi connectivity index (χ0n) is 13.7. The van der Waals surface area contributed by atoms with E-state index in [0.717, 1.165) is 32.2 Å². The smallest absolute Gasteiger partial charge is 0.0971 e. The molecule has 0 spiro atoms. The molecule has 20 heavy (non-hydrogen) atoms. The molecule has 1 saturated heterocycles. The first-order chi connectivity index (χ1) is 9.66. The predicted octanol–water partition coefficient (Wildman–Crippen LogP) is 1.89. The molecule has 1 aliphatic carbocycles. The van der Waals surface area contributed by atoms with Crippen LogP contribution < -0.4 is 5.32 Å². The molecule has 2 aliphatic rings. The largest absolute Gasteiger partial charge is 0.377 e. The van der Waals surface area contributed by atoms with Crippen molar-refractivity contribution in [2.75, 3.05) is 40.4 Å². The summed E-state index contributed by atoms with van der Waals surface area (Å²) in [5.41, 5.74) is 0.392. The maximum absolute atomic E-state index is 5.55. The molecule has 1 saturated carbocycles. The van der Waals surface area contributed by atoms with E-state index in [9.17, 15) is 0 Å². The molecule has 1 N–H and O–H groups in total. The van der Waals surface area contributed by atoms with Gasteiger partial charge in [-0.2, -0.15) is 0 Å². The summed E-state index contributed by atoms with van der Waals surface area (Å²) in [7, 11) is 3.59. The molecule has 0 bridgehead atoms. The zero-order chi connectivity index (χ0) is 14.6. The van der Waals surface area contributed by atoms with E-state index in [2.05, 4.69) is 24.1 Å². The molecule has 2 unspecified atom stereocenters. The second-order valence-corrected chi connectivity index (χ2v) is 6.60. The highest BCUT2D eigenvalue weighted by Crippen LogP contribution is 2.31. The summed E-state index contributed by atoms with van der Waals surface area (Å²) >= 11 is 0. The van der Waals surface area contributed by atoms with Gasteiger partial charge in [0.15, 0.2) is 0 Å². The van der Waals surface area contributed by atoms with Gasteiger partial charge in [-0.15, -0.1) is 0 Å². The van der Waals surface area contributed by atoms with Crippen LogP contribution in [-0.4, -0.2) is 63.5 Å². The number of hydrogen-bond donors (Lipinski definition) is 1. The molecule has 1 heterocycles. The van der Waals surface area contributed by atoms with Gasteiger partial charge in [-0.25, -0.2) is 0 Å². The first-order valence-corrected chi connectivity index (χ1v) is 8.17. The highest BCUT2D eigenvalue weighted by molar-refractivity contribution is 4.92. The van der Waals surface area contributed by atoms with Crippen molar-refractivity contribution >= 4 is 0 Å². The molecule has 2 fully saturated rings. The lowest BCUT2D eigenvalue weighted by Gasteiger charge is -2.36. The van der Waals surface area contributed by atoms with Crippen molar-refractivity contribution in [2.45, 2.75) is 57.8 Å². The van der Waals surface area contributed by atoms with Crippen LogP contribution in [0.15, 0.2) is 0 Å². The number of likely N-dealkylation sites (tertiary alicyclic amines) is 1. The fourth-order valence-corrected chi connectivity index (χ4v) is 3.30. The Morgan fingerprint density at radius 1 is 1.05 bits per heavy atom. The summed E-state index contributed by atoms with van der Waals surface area (Å²) in [4.78, 5) is 2.53. The van der Waals surface area contributed by atoms with Crippen molar-refractivity contribution in [3.8, 4) is 0 Å². The molecule has 2 atom stereocenters. The minimum atomic E-state index is 0.225. The topological polar surface area (TPSA) is 33.7 Å². The van der Waals surface area contributed by atoms with Crippen molar-refractivity contribution in [3.63, 3.8) is 0 Å². The van der Waals surface area contributed by atoms with Crippen LogP contribution in [0.3, 0.4) is 0 Å². The zero-order valence-corrected chi connectivity index (χ0v) is 13.7. The van der Waals surface area contributed by atoms with Gasteiger partial charge in [-0.05, 0) is 31.1 Å². The maximum atomic E-state index is 5.55. The normalized spacial score (nSPS) is 28.2. The van der Waals surface area contributed by atoms with E-state index in [-0.39, 0.29) is 12.2 Å². The average molecular weight is 284 g/mol. The van der Waals surface area contributed by atoms with Crippen LogP contribution in [0.1, 0.15) is 39.5 Å². The molecular weight excluding hydrogens is 252 g/mol. The van der Waals surface area contributed by atoms with E-state index in [0.29, 0.717) is 5.41 Å². The number of ether oxygens (including phenoxy) is 2. The minimum Gasteiger partial charge on any atom is -0.377 e. The molecule has 0 aromatic carbocycles. The second kappa shape index (κ2) is 7.21. The first kappa shape index (κ1) is 16.2. The van der Waals surface area contributed by atoms with E-state index >= 15 is 0 Å². The summed E-state index contributed by atoms with van der Waals surface area (Å²) in [6.07, 6.45) is 5.64. The number of hydrogen-bond acceptors (Lipinski definition) is 4. The molecule has 4 nitrogen and oxygen atoms in total. The third kappa shape index (κ3) is 3.94. The maximum Gasteiger partial charge on any atom is 0.0971 e. The van der Waals surface area contributed by atoms with Crippen molar-refractivity contribution in [1.82, 2.24) is 10.2 Å². The van der Waals surface area contributed by atoms with Crippen molar-refractivity contribution in [3.05, 3.63) is 0 Å².